The number of nitrogens with zero attached hydrogens (tertiary/aromatic N) is 2. The first-order valence-electron chi connectivity index (χ1n) is 10.1. The number of para-hydroxylation sites is 1. The number of aromatic amines is 1. The predicted octanol–water partition coefficient (Wildman–Crippen LogP) is 5.21. The molecule has 3 aromatic rings. The van der Waals surface area contributed by atoms with Gasteiger partial charge in [0.05, 0.1) is 12.8 Å². The molecule has 152 valence electrons. The van der Waals surface area contributed by atoms with Crippen LogP contribution < -0.4 is 4.74 Å². The summed E-state index contributed by atoms with van der Waals surface area (Å²) in [5.74, 6) is 1.17. The fraction of sp³-hybridized carbons (Fsp3) is 0.348. The Balaban J connectivity index is 1.51. The molecule has 0 bridgehead atoms. The SMILES string of the molecule is CCOc1cccc(CN2CCC[C@@H](c3[nH]ncc3-c3ccc(Cl)cc3)C2)c1O. The summed E-state index contributed by atoms with van der Waals surface area (Å²) in [6.07, 6.45) is 4.12. The van der Waals surface area contributed by atoms with Crippen molar-refractivity contribution in [2.24, 2.45) is 0 Å². The molecule has 1 aromatic heterocycles. The van der Waals surface area contributed by atoms with Gasteiger partial charge in [-0.05, 0) is 50.1 Å². The fourth-order valence-electron chi connectivity index (χ4n) is 4.11. The van der Waals surface area contributed by atoms with Crippen LogP contribution in [0.15, 0.2) is 48.7 Å². The van der Waals surface area contributed by atoms with Crippen molar-refractivity contribution < 1.29 is 9.84 Å². The molecule has 1 saturated heterocycles. The van der Waals surface area contributed by atoms with Crippen molar-refractivity contribution in [3.8, 4) is 22.6 Å². The number of rotatable bonds is 6. The predicted molar refractivity (Wildman–Crippen MR) is 116 cm³/mol. The number of halogens is 1. The van der Waals surface area contributed by atoms with Crippen LogP contribution in [0.5, 0.6) is 11.5 Å². The number of hydrogen-bond donors (Lipinski definition) is 2. The third-order valence-electron chi connectivity index (χ3n) is 5.51. The first-order valence-corrected chi connectivity index (χ1v) is 10.5. The smallest absolute Gasteiger partial charge is 0.162 e. The maximum absolute atomic E-state index is 10.5. The molecule has 1 atom stereocenters. The second-order valence-electron chi connectivity index (χ2n) is 7.48. The minimum atomic E-state index is 0.250. The van der Waals surface area contributed by atoms with Crippen molar-refractivity contribution in [2.45, 2.75) is 32.2 Å². The summed E-state index contributed by atoms with van der Waals surface area (Å²) in [5, 5.41) is 18.8. The number of likely N-dealkylation sites (tertiary alicyclic amines) is 1. The summed E-state index contributed by atoms with van der Waals surface area (Å²) in [6, 6.07) is 13.6. The van der Waals surface area contributed by atoms with Gasteiger partial charge in [0.15, 0.2) is 11.5 Å². The van der Waals surface area contributed by atoms with Gasteiger partial charge in [-0.3, -0.25) is 10.00 Å². The van der Waals surface area contributed by atoms with Gasteiger partial charge in [-0.15, -0.1) is 0 Å². The Morgan fingerprint density at radius 3 is 2.86 bits per heavy atom. The minimum absolute atomic E-state index is 0.250. The number of phenolic OH excluding ortho intramolecular Hbond substituents is 1. The normalized spacial score (nSPS) is 17.4. The van der Waals surface area contributed by atoms with Crippen LogP contribution in [-0.2, 0) is 6.54 Å². The van der Waals surface area contributed by atoms with Crippen LogP contribution in [0.2, 0.25) is 5.02 Å². The maximum Gasteiger partial charge on any atom is 0.162 e. The van der Waals surface area contributed by atoms with Crippen molar-refractivity contribution >= 4 is 11.6 Å². The van der Waals surface area contributed by atoms with E-state index in [-0.39, 0.29) is 5.75 Å². The van der Waals surface area contributed by atoms with E-state index in [0.717, 1.165) is 47.6 Å². The summed E-state index contributed by atoms with van der Waals surface area (Å²) in [5.41, 5.74) is 4.33. The van der Waals surface area contributed by atoms with Crippen LogP contribution >= 0.6 is 11.6 Å². The minimum Gasteiger partial charge on any atom is -0.504 e. The molecule has 5 nitrogen and oxygen atoms in total. The van der Waals surface area contributed by atoms with E-state index in [1.165, 1.54) is 5.69 Å². The molecule has 6 heteroatoms. The molecule has 1 fully saturated rings. The summed E-state index contributed by atoms with van der Waals surface area (Å²) >= 11 is 6.04. The Bertz CT molecular complexity index is 955. The lowest BCUT2D eigenvalue weighted by Crippen LogP contribution is -2.34. The molecule has 0 aliphatic carbocycles. The van der Waals surface area contributed by atoms with Crippen molar-refractivity contribution in [3.63, 3.8) is 0 Å². The largest absolute Gasteiger partial charge is 0.504 e. The summed E-state index contributed by atoms with van der Waals surface area (Å²) in [7, 11) is 0. The van der Waals surface area contributed by atoms with E-state index < -0.39 is 0 Å². The standard InChI is InChI=1S/C23H26ClN3O2/c1-2-29-21-7-3-5-18(23(21)28)15-27-12-4-6-17(14-27)22-20(13-25-26-22)16-8-10-19(24)11-9-16/h3,5,7-11,13,17,28H,2,4,6,12,14-15H2,1H3,(H,25,26)/t17-/m1/s1. The molecule has 4 rings (SSSR count). The average molecular weight is 412 g/mol. The highest BCUT2D eigenvalue weighted by Crippen LogP contribution is 2.35. The molecule has 1 aliphatic heterocycles. The molecule has 0 spiro atoms. The van der Waals surface area contributed by atoms with E-state index in [2.05, 4.69) is 15.1 Å². The Morgan fingerprint density at radius 1 is 1.24 bits per heavy atom. The number of ether oxygens (including phenoxy) is 1. The van der Waals surface area contributed by atoms with E-state index in [4.69, 9.17) is 16.3 Å². The molecular weight excluding hydrogens is 386 g/mol. The molecule has 2 N–H and O–H groups in total. The van der Waals surface area contributed by atoms with Crippen molar-refractivity contribution in [3.05, 3.63) is 64.9 Å². The quantitative estimate of drug-likeness (QED) is 0.584. The van der Waals surface area contributed by atoms with Gasteiger partial charge < -0.3 is 9.84 Å². The van der Waals surface area contributed by atoms with E-state index >= 15 is 0 Å². The van der Waals surface area contributed by atoms with Crippen LogP contribution in [0, 0.1) is 0 Å². The molecule has 0 radical (unpaired) electrons. The number of H-pyrrole nitrogens is 1. The molecule has 0 amide bonds. The lowest BCUT2D eigenvalue weighted by Gasteiger charge is -2.33. The van der Waals surface area contributed by atoms with Crippen LogP contribution in [-0.4, -0.2) is 39.9 Å². The van der Waals surface area contributed by atoms with Crippen molar-refractivity contribution in [1.82, 2.24) is 15.1 Å². The molecular formula is C23H26ClN3O2. The number of hydrogen-bond acceptors (Lipinski definition) is 4. The fourth-order valence-corrected chi connectivity index (χ4v) is 4.24. The lowest BCUT2D eigenvalue weighted by molar-refractivity contribution is 0.196. The van der Waals surface area contributed by atoms with Gasteiger partial charge in [-0.2, -0.15) is 5.10 Å². The summed E-state index contributed by atoms with van der Waals surface area (Å²) < 4.78 is 5.53. The van der Waals surface area contributed by atoms with Crippen molar-refractivity contribution in [2.75, 3.05) is 19.7 Å². The highest BCUT2D eigenvalue weighted by Gasteiger charge is 2.26. The third-order valence-corrected chi connectivity index (χ3v) is 5.77. The highest BCUT2D eigenvalue weighted by atomic mass is 35.5. The second-order valence-corrected chi connectivity index (χ2v) is 7.91. The molecule has 2 heterocycles. The first-order chi connectivity index (χ1) is 14.2. The van der Waals surface area contributed by atoms with Crippen LogP contribution in [0.3, 0.4) is 0 Å². The van der Waals surface area contributed by atoms with Crippen LogP contribution in [0.25, 0.3) is 11.1 Å². The van der Waals surface area contributed by atoms with E-state index in [1.54, 1.807) is 0 Å². The zero-order valence-corrected chi connectivity index (χ0v) is 17.3. The van der Waals surface area contributed by atoms with Gasteiger partial charge in [-0.1, -0.05) is 35.9 Å². The monoisotopic (exact) mass is 411 g/mol. The number of aromatic nitrogens is 2. The Labute approximate surface area is 176 Å². The lowest BCUT2D eigenvalue weighted by atomic mass is 9.90. The van der Waals surface area contributed by atoms with E-state index in [9.17, 15) is 5.11 Å². The van der Waals surface area contributed by atoms with E-state index in [0.29, 0.717) is 24.8 Å². The van der Waals surface area contributed by atoms with Gasteiger partial charge in [0.1, 0.15) is 0 Å². The van der Waals surface area contributed by atoms with Gasteiger partial charge in [0.2, 0.25) is 0 Å². The van der Waals surface area contributed by atoms with Crippen LogP contribution in [0.4, 0.5) is 0 Å². The number of benzene rings is 2. The molecule has 29 heavy (non-hydrogen) atoms. The number of aromatic hydroxyl groups is 1. The summed E-state index contributed by atoms with van der Waals surface area (Å²) in [4.78, 5) is 2.39. The molecule has 0 saturated carbocycles. The van der Waals surface area contributed by atoms with Gasteiger partial charge in [0, 0.05) is 40.9 Å². The van der Waals surface area contributed by atoms with Crippen LogP contribution in [0.1, 0.15) is 36.9 Å². The Hall–Kier alpha value is -2.50. The number of nitrogens with one attached hydrogen (secondary N) is 1. The Kier molecular flexibility index (Phi) is 6.07. The van der Waals surface area contributed by atoms with Gasteiger partial charge >= 0.3 is 0 Å². The molecule has 0 unspecified atom stereocenters. The van der Waals surface area contributed by atoms with Gasteiger partial charge in [-0.25, -0.2) is 0 Å². The Morgan fingerprint density at radius 2 is 2.07 bits per heavy atom. The summed E-state index contributed by atoms with van der Waals surface area (Å²) in [6.45, 7) is 5.09. The highest BCUT2D eigenvalue weighted by molar-refractivity contribution is 6.30. The van der Waals surface area contributed by atoms with Gasteiger partial charge in [0.25, 0.3) is 0 Å². The van der Waals surface area contributed by atoms with E-state index in [1.807, 2.05) is 55.6 Å². The zero-order chi connectivity index (χ0) is 20.2. The maximum atomic E-state index is 10.5. The molecule has 1 aliphatic rings. The second kappa shape index (κ2) is 8.89. The topological polar surface area (TPSA) is 61.4 Å². The number of phenols is 1. The van der Waals surface area contributed by atoms with Crippen molar-refractivity contribution in [1.29, 1.82) is 0 Å². The zero-order valence-electron chi connectivity index (χ0n) is 16.6. The number of piperidine rings is 1. The average Bonchev–Trinajstić information content (AvgIpc) is 3.22. The first kappa shape index (κ1) is 19.8. The third kappa shape index (κ3) is 4.41. The molecule has 2 aromatic carbocycles.